The Hall–Kier alpha value is -2.88. The van der Waals surface area contributed by atoms with Gasteiger partial charge in [0.05, 0.1) is 5.52 Å². The maximum absolute atomic E-state index is 12.3. The summed E-state index contributed by atoms with van der Waals surface area (Å²) >= 11 is 0. The topological polar surface area (TPSA) is 62.0 Å². The fourth-order valence-electron chi connectivity index (χ4n) is 2.81. The molecule has 0 aliphatic carbocycles. The molecule has 1 aromatic heterocycles. The molecular weight excluding hydrogens is 300 g/mol. The molecule has 3 rings (SSSR count). The number of pyridine rings is 1. The third-order valence-corrected chi connectivity index (χ3v) is 4.24. The molecular formula is C20H20N2O2. The van der Waals surface area contributed by atoms with Crippen LogP contribution in [0.15, 0.2) is 53.3 Å². The number of fused-ring (bicyclic) bond motifs is 1. The normalized spacial score (nSPS) is 10.8. The molecule has 3 aromatic rings. The van der Waals surface area contributed by atoms with Crippen molar-refractivity contribution >= 4 is 16.8 Å². The SMILES string of the molecule is Cc1ccc(C)c2[nH]c(=O)c(CCNC(=O)c3ccccc3)cc12. The van der Waals surface area contributed by atoms with Gasteiger partial charge in [-0.2, -0.15) is 0 Å². The van der Waals surface area contributed by atoms with E-state index in [0.717, 1.165) is 22.0 Å². The molecule has 0 aliphatic rings. The summed E-state index contributed by atoms with van der Waals surface area (Å²) < 4.78 is 0. The highest BCUT2D eigenvalue weighted by Crippen LogP contribution is 2.19. The van der Waals surface area contributed by atoms with Gasteiger partial charge in [0, 0.05) is 23.1 Å². The van der Waals surface area contributed by atoms with Crippen LogP contribution >= 0.6 is 0 Å². The van der Waals surface area contributed by atoms with Crippen molar-refractivity contribution in [2.24, 2.45) is 0 Å². The van der Waals surface area contributed by atoms with Crippen LogP contribution in [0.4, 0.5) is 0 Å². The zero-order valence-electron chi connectivity index (χ0n) is 13.8. The van der Waals surface area contributed by atoms with Crippen LogP contribution in [0.5, 0.6) is 0 Å². The standard InChI is InChI=1S/C20H20N2O2/c1-13-8-9-14(2)18-17(13)12-16(20(24)22-18)10-11-21-19(23)15-6-4-3-5-7-15/h3-9,12H,10-11H2,1-2H3,(H,21,23)(H,22,24). The first-order chi connectivity index (χ1) is 11.6. The second-order valence-electron chi connectivity index (χ2n) is 5.98. The van der Waals surface area contributed by atoms with Crippen molar-refractivity contribution in [3.8, 4) is 0 Å². The Morgan fingerprint density at radius 2 is 1.75 bits per heavy atom. The largest absolute Gasteiger partial charge is 0.352 e. The van der Waals surface area contributed by atoms with Crippen molar-refractivity contribution in [2.45, 2.75) is 20.3 Å². The van der Waals surface area contributed by atoms with Crippen molar-refractivity contribution < 1.29 is 4.79 Å². The molecule has 0 aliphatic heterocycles. The maximum atomic E-state index is 12.3. The van der Waals surface area contributed by atoms with Gasteiger partial charge in [-0.3, -0.25) is 9.59 Å². The molecule has 4 nitrogen and oxygen atoms in total. The van der Waals surface area contributed by atoms with Crippen LogP contribution in [0, 0.1) is 13.8 Å². The number of hydrogen-bond donors (Lipinski definition) is 2. The summed E-state index contributed by atoms with van der Waals surface area (Å²) in [7, 11) is 0. The first kappa shape index (κ1) is 16.0. The fraction of sp³-hybridized carbons (Fsp3) is 0.200. The minimum atomic E-state index is -0.125. The van der Waals surface area contributed by atoms with Crippen LogP contribution in [0.25, 0.3) is 10.9 Å². The van der Waals surface area contributed by atoms with Crippen LogP contribution in [-0.2, 0) is 6.42 Å². The number of aromatic nitrogens is 1. The third kappa shape index (κ3) is 3.23. The van der Waals surface area contributed by atoms with Gasteiger partial charge in [0.25, 0.3) is 11.5 Å². The average Bonchev–Trinajstić information content (AvgIpc) is 2.60. The second-order valence-corrected chi connectivity index (χ2v) is 5.98. The first-order valence-corrected chi connectivity index (χ1v) is 8.01. The molecule has 1 amide bonds. The Morgan fingerprint density at radius 1 is 1.04 bits per heavy atom. The zero-order valence-corrected chi connectivity index (χ0v) is 13.8. The molecule has 0 bridgehead atoms. The quantitative estimate of drug-likeness (QED) is 0.776. The zero-order chi connectivity index (χ0) is 17.1. The number of carbonyl (C=O) groups is 1. The first-order valence-electron chi connectivity index (χ1n) is 8.01. The molecule has 0 fully saturated rings. The number of amides is 1. The summed E-state index contributed by atoms with van der Waals surface area (Å²) in [5, 5.41) is 3.91. The van der Waals surface area contributed by atoms with E-state index in [-0.39, 0.29) is 11.5 Å². The molecule has 0 atom stereocenters. The molecule has 0 saturated heterocycles. The molecule has 0 radical (unpaired) electrons. The van der Waals surface area contributed by atoms with E-state index >= 15 is 0 Å². The van der Waals surface area contributed by atoms with Crippen molar-refractivity contribution in [1.82, 2.24) is 10.3 Å². The number of hydrogen-bond acceptors (Lipinski definition) is 2. The molecule has 1 heterocycles. The van der Waals surface area contributed by atoms with Crippen molar-refractivity contribution in [3.05, 3.63) is 81.1 Å². The highest BCUT2D eigenvalue weighted by atomic mass is 16.1. The summed E-state index contributed by atoms with van der Waals surface area (Å²) in [4.78, 5) is 27.3. The molecule has 24 heavy (non-hydrogen) atoms. The Balaban J connectivity index is 1.76. The van der Waals surface area contributed by atoms with Gasteiger partial charge in [0.2, 0.25) is 0 Å². The van der Waals surface area contributed by atoms with Crippen LogP contribution in [-0.4, -0.2) is 17.4 Å². The van der Waals surface area contributed by atoms with Gasteiger partial charge in [-0.25, -0.2) is 0 Å². The Bertz CT molecular complexity index is 943. The summed E-state index contributed by atoms with van der Waals surface area (Å²) in [5.74, 6) is -0.125. The number of rotatable bonds is 4. The lowest BCUT2D eigenvalue weighted by Gasteiger charge is -2.09. The Labute approximate surface area is 140 Å². The van der Waals surface area contributed by atoms with E-state index < -0.39 is 0 Å². The highest BCUT2D eigenvalue weighted by molar-refractivity contribution is 5.94. The Morgan fingerprint density at radius 3 is 2.50 bits per heavy atom. The third-order valence-electron chi connectivity index (χ3n) is 4.24. The molecule has 4 heteroatoms. The molecule has 2 aromatic carbocycles. The molecule has 122 valence electrons. The number of benzene rings is 2. The molecule has 0 spiro atoms. The highest BCUT2D eigenvalue weighted by Gasteiger charge is 2.08. The van der Waals surface area contributed by atoms with E-state index in [1.54, 1.807) is 12.1 Å². The van der Waals surface area contributed by atoms with Crippen LogP contribution in [0.3, 0.4) is 0 Å². The van der Waals surface area contributed by atoms with E-state index in [0.29, 0.717) is 24.1 Å². The number of H-pyrrole nitrogens is 1. The van der Waals surface area contributed by atoms with E-state index in [2.05, 4.69) is 16.4 Å². The molecule has 0 unspecified atom stereocenters. The van der Waals surface area contributed by atoms with E-state index in [4.69, 9.17) is 0 Å². The van der Waals surface area contributed by atoms with Gasteiger partial charge >= 0.3 is 0 Å². The van der Waals surface area contributed by atoms with Crippen LogP contribution in [0.2, 0.25) is 0 Å². The summed E-state index contributed by atoms with van der Waals surface area (Å²) in [6, 6.07) is 15.1. The van der Waals surface area contributed by atoms with E-state index in [1.165, 1.54) is 0 Å². The molecule has 0 saturated carbocycles. The average molecular weight is 320 g/mol. The van der Waals surface area contributed by atoms with Crippen molar-refractivity contribution in [2.75, 3.05) is 6.54 Å². The number of aromatic amines is 1. The second kappa shape index (κ2) is 6.71. The lowest BCUT2D eigenvalue weighted by atomic mass is 10.0. The van der Waals surface area contributed by atoms with Gasteiger partial charge in [0.15, 0.2) is 0 Å². The lowest BCUT2D eigenvalue weighted by Crippen LogP contribution is -2.27. The Kier molecular flexibility index (Phi) is 4.47. The van der Waals surface area contributed by atoms with Crippen molar-refractivity contribution in [3.63, 3.8) is 0 Å². The fourth-order valence-corrected chi connectivity index (χ4v) is 2.81. The van der Waals surface area contributed by atoms with E-state index in [1.807, 2.05) is 44.2 Å². The smallest absolute Gasteiger partial charge is 0.251 e. The van der Waals surface area contributed by atoms with Gasteiger partial charge < -0.3 is 10.3 Å². The minimum absolute atomic E-state index is 0.0924. The maximum Gasteiger partial charge on any atom is 0.251 e. The van der Waals surface area contributed by atoms with Crippen LogP contribution in [0.1, 0.15) is 27.0 Å². The monoisotopic (exact) mass is 320 g/mol. The van der Waals surface area contributed by atoms with Crippen molar-refractivity contribution in [1.29, 1.82) is 0 Å². The number of aryl methyl sites for hydroxylation is 2. The predicted molar refractivity (Wildman–Crippen MR) is 96.5 cm³/mol. The lowest BCUT2D eigenvalue weighted by molar-refractivity contribution is 0.0954. The minimum Gasteiger partial charge on any atom is -0.352 e. The molecule has 2 N–H and O–H groups in total. The summed E-state index contributed by atoms with van der Waals surface area (Å²) in [6.45, 7) is 4.44. The predicted octanol–water partition coefficient (Wildman–Crippen LogP) is 3.12. The number of carbonyl (C=O) groups excluding carboxylic acids is 1. The number of nitrogens with one attached hydrogen (secondary N) is 2. The summed E-state index contributed by atoms with van der Waals surface area (Å²) in [6.07, 6.45) is 0.497. The van der Waals surface area contributed by atoms with Gasteiger partial charge in [-0.05, 0) is 49.6 Å². The van der Waals surface area contributed by atoms with E-state index in [9.17, 15) is 9.59 Å². The summed E-state index contributed by atoms with van der Waals surface area (Å²) in [5.41, 5.74) is 4.28. The van der Waals surface area contributed by atoms with Gasteiger partial charge in [0.1, 0.15) is 0 Å². The van der Waals surface area contributed by atoms with Gasteiger partial charge in [-0.15, -0.1) is 0 Å². The van der Waals surface area contributed by atoms with Crippen LogP contribution < -0.4 is 10.9 Å². The van der Waals surface area contributed by atoms with Gasteiger partial charge in [-0.1, -0.05) is 30.3 Å².